The lowest BCUT2D eigenvalue weighted by Gasteiger charge is -2.16. The van der Waals surface area contributed by atoms with E-state index >= 15 is 0 Å². The zero-order valence-electron chi connectivity index (χ0n) is 10.2. The minimum atomic E-state index is 0.795. The van der Waals surface area contributed by atoms with Gasteiger partial charge in [0.05, 0.1) is 0 Å². The summed E-state index contributed by atoms with van der Waals surface area (Å²) in [5.74, 6) is 2.71. The van der Waals surface area contributed by atoms with Crippen LogP contribution in [0.5, 0.6) is 0 Å². The Morgan fingerprint density at radius 3 is 2.29 bits per heavy atom. The Balaban J connectivity index is 3.33. The molecule has 0 rings (SSSR count). The van der Waals surface area contributed by atoms with E-state index in [0.29, 0.717) is 0 Å². The SMILES string of the molecule is CCCSCCCC(CC)SC(C)C. The van der Waals surface area contributed by atoms with Crippen molar-refractivity contribution in [3.8, 4) is 0 Å². The van der Waals surface area contributed by atoms with Crippen LogP contribution in [0.25, 0.3) is 0 Å². The van der Waals surface area contributed by atoms with Gasteiger partial charge in [0.25, 0.3) is 0 Å². The highest BCUT2D eigenvalue weighted by Gasteiger charge is 2.08. The molecule has 0 aromatic carbocycles. The molecule has 1 unspecified atom stereocenters. The molecule has 0 heterocycles. The Kier molecular flexibility index (Phi) is 10.7. The van der Waals surface area contributed by atoms with E-state index in [-0.39, 0.29) is 0 Å². The normalized spacial score (nSPS) is 13.5. The van der Waals surface area contributed by atoms with Gasteiger partial charge in [0.2, 0.25) is 0 Å². The minimum absolute atomic E-state index is 0.795. The molecule has 0 N–H and O–H groups in total. The van der Waals surface area contributed by atoms with Crippen LogP contribution in [0.1, 0.15) is 53.4 Å². The summed E-state index contributed by atoms with van der Waals surface area (Å²) in [5, 5.41) is 1.69. The average molecular weight is 234 g/mol. The van der Waals surface area contributed by atoms with Gasteiger partial charge in [0.15, 0.2) is 0 Å². The zero-order valence-corrected chi connectivity index (χ0v) is 11.8. The summed E-state index contributed by atoms with van der Waals surface area (Å²) in [6, 6.07) is 0. The molecule has 0 radical (unpaired) electrons. The first-order chi connectivity index (χ1) is 6.70. The number of hydrogen-bond donors (Lipinski definition) is 0. The van der Waals surface area contributed by atoms with Gasteiger partial charge in [-0.3, -0.25) is 0 Å². The van der Waals surface area contributed by atoms with Gasteiger partial charge in [-0.15, -0.1) is 0 Å². The molecule has 0 aliphatic carbocycles. The van der Waals surface area contributed by atoms with Crippen molar-refractivity contribution >= 4 is 23.5 Å². The second-order valence-corrected chi connectivity index (χ2v) is 7.08. The molecule has 0 fully saturated rings. The fraction of sp³-hybridized carbons (Fsp3) is 1.00. The molecule has 0 amide bonds. The summed E-state index contributed by atoms with van der Waals surface area (Å²) in [4.78, 5) is 0. The fourth-order valence-corrected chi connectivity index (χ4v) is 3.54. The average Bonchev–Trinajstić information content (AvgIpc) is 2.15. The first-order valence-electron chi connectivity index (χ1n) is 5.93. The van der Waals surface area contributed by atoms with Crippen LogP contribution in [0.2, 0.25) is 0 Å². The smallest absolute Gasteiger partial charge is 0.00473 e. The third-order valence-electron chi connectivity index (χ3n) is 2.08. The summed E-state index contributed by atoms with van der Waals surface area (Å²) in [6.45, 7) is 9.19. The maximum atomic E-state index is 2.32. The second kappa shape index (κ2) is 10.2. The Labute approximate surface area is 99.0 Å². The van der Waals surface area contributed by atoms with Gasteiger partial charge in [-0.1, -0.05) is 27.7 Å². The van der Waals surface area contributed by atoms with Crippen LogP contribution in [-0.4, -0.2) is 22.0 Å². The molecule has 14 heavy (non-hydrogen) atoms. The van der Waals surface area contributed by atoms with Gasteiger partial charge in [-0.05, 0) is 42.4 Å². The molecule has 0 aliphatic rings. The Bertz CT molecular complexity index is 113. The molecular formula is C12H26S2. The van der Waals surface area contributed by atoms with E-state index in [0.717, 1.165) is 10.5 Å². The van der Waals surface area contributed by atoms with E-state index in [1.165, 1.54) is 37.2 Å². The Morgan fingerprint density at radius 2 is 1.79 bits per heavy atom. The number of hydrogen-bond acceptors (Lipinski definition) is 2. The van der Waals surface area contributed by atoms with Crippen LogP contribution in [0.3, 0.4) is 0 Å². The molecule has 0 nitrogen and oxygen atoms in total. The van der Waals surface area contributed by atoms with Gasteiger partial charge in [0.1, 0.15) is 0 Å². The van der Waals surface area contributed by atoms with Crippen LogP contribution in [0.15, 0.2) is 0 Å². The van der Waals surface area contributed by atoms with E-state index in [4.69, 9.17) is 0 Å². The van der Waals surface area contributed by atoms with Gasteiger partial charge in [-0.25, -0.2) is 0 Å². The van der Waals surface area contributed by atoms with Crippen LogP contribution in [0, 0.1) is 0 Å². The van der Waals surface area contributed by atoms with Crippen molar-refractivity contribution in [2.75, 3.05) is 11.5 Å². The highest BCUT2D eigenvalue weighted by molar-refractivity contribution is 8.00. The number of rotatable bonds is 9. The van der Waals surface area contributed by atoms with Crippen LogP contribution < -0.4 is 0 Å². The Hall–Kier alpha value is 0.700. The van der Waals surface area contributed by atoms with Crippen LogP contribution >= 0.6 is 23.5 Å². The summed E-state index contributed by atoms with van der Waals surface area (Å²) < 4.78 is 0. The molecule has 2 heteroatoms. The summed E-state index contributed by atoms with van der Waals surface area (Å²) >= 11 is 4.27. The predicted octanol–water partition coefficient (Wildman–Crippen LogP) is 4.83. The lowest BCUT2D eigenvalue weighted by atomic mass is 10.2. The van der Waals surface area contributed by atoms with E-state index in [9.17, 15) is 0 Å². The van der Waals surface area contributed by atoms with Crippen molar-refractivity contribution < 1.29 is 0 Å². The monoisotopic (exact) mass is 234 g/mol. The molecule has 0 saturated heterocycles. The Morgan fingerprint density at radius 1 is 1.07 bits per heavy atom. The minimum Gasteiger partial charge on any atom is -0.162 e. The molecule has 0 bridgehead atoms. The van der Waals surface area contributed by atoms with Gasteiger partial charge in [-0.2, -0.15) is 23.5 Å². The third-order valence-corrected chi connectivity index (χ3v) is 4.86. The molecule has 1 atom stereocenters. The maximum Gasteiger partial charge on any atom is 0.00473 e. The molecule has 0 spiro atoms. The molecular weight excluding hydrogens is 208 g/mol. The van der Waals surface area contributed by atoms with Crippen molar-refractivity contribution in [1.29, 1.82) is 0 Å². The lowest BCUT2D eigenvalue weighted by Crippen LogP contribution is -2.05. The zero-order chi connectivity index (χ0) is 10.8. The summed E-state index contributed by atoms with van der Waals surface area (Å²) in [6.07, 6.45) is 5.48. The van der Waals surface area contributed by atoms with Crippen molar-refractivity contribution in [2.45, 2.75) is 63.9 Å². The van der Waals surface area contributed by atoms with E-state index in [2.05, 4.69) is 51.2 Å². The first-order valence-corrected chi connectivity index (χ1v) is 8.03. The van der Waals surface area contributed by atoms with Crippen molar-refractivity contribution in [1.82, 2.24) is 0 Å². The van der Waals surface area contributed by atoms with Crippen molar-refractivity contribution in [3.63, 3.8) is 0 Å². The summed E-state index contributed by atoms with van der Waals surface area (Å²) in [7, 11) is 0. The first kappa shape index (κ1) is 14.7. The highest BCUT2D eigenvalue weighted by Crippen LogP contribution is 2.24. The molecule has 0 aromatic heterocycles. The van der Waals surface area contributed by atoms with Gasteiger partial charge < -0.3 is 0 Å². The summed E-state index contributed by atoms with van der Waals surface area (Å²) in [5.41, 5.74) is 0. The van der Waals surface area contributed by atoms with Crippen LogP contribution in [-0.2, 0) is 0 Å². The van der Waals surface area contributed by atoms with E-state index in [1.807, 2.05) is 0 Å². The van der Waals surface area contributed by atoms with Gasteiger partial charge in [0, 0.05) is 5.25 Å². The largest absolute Gasteiger partial charge is 0.162 e. The highest BCUT2D eigenvalue weighted by atomic mass is 32.2. The second-order valence-electron chi connectivity index (χ2n) is 3.97. The van der Waals surface area contributed by atoms with Crippen molar-refractivity contribution in [2.24, 2.45) is 0 Å². The molecule has 0 saturated carbocycles. The predicted molar refractivity (Wildman–Crippen MR) is 73.7 cm³/mol. The lowest BCUT2D eigenvalue weighted by molar-refractivity contribution is 0.721. The fourth-order valence-electron chi connectivity index (χ4n) is 1.41. The maximum absolute atomic E-state index is 2.32. The molecule has 0 aromatic rings. The number of thioether (sulfide) groups is 2. The molecule has 0 aliphatic heterocycles. The van der Waals surface area contributed by atoms with E-state index < -0.39 is 0 Å². The molecule has 86 valence electrons. The topological polar surface area (TPSA) is 0 Å². The standard InChI is InChI=1S/C12H26S2/c1-5-9-13-10-7-8-12(6-2)14-11(3)4/h11-12H,5-10H2,1-4H3. The van der Waals surface area contributed by atoms with E-state index in [1.54, 1.807) is 0 Å². The van der Waals surface area contributed by atoms with Crippen molar-refractivity contribution in [3.05, 3.63) is 0 Å². The quantitative estimate of drug-likeness (QED) is 0.524. The van der Waals surface area contributed by atoms with Crippen LogP contribution in [0.4, 0.5) is 0 Å². The third kappa shape index (κ3) is 9.26. The van der Waals surface area contributed by atoms with Gasteiger partial charge >= 0.3 is 0 Å².